The van der Waals surface area contributed by atoms with Gasteiger partial charge in [0.05, 0.1) is 12.5 Å². The van der Waals surface area contributed by atoms with Crippen molar-refractivity contribution in [3.05, 3.63) is 12.7 Å². The average Bonchev–Trinajstić information content (AvgIpc) is 2.30. The number of carbonyl (C=O) groups is 1. The third kappa shape index (κ3) is 4.35. The van der Waals surface area contributed by atoms with Crippen LogP contribution in [0.3, 0.4) is 0 Å². The maximum Gasteiger partial charge on any atom is 0.310 e. The molecule has 1 aliphatic rings. The van der Waals surface area contributed by atoms with E-state index in [0.29, 0.717) is 6.61 Å². The molecule has 1 atom stereocenters. The fourth-order valence-electron chi connectivity index (χ4n) is 2.17. The van der Waals surface area contributed by atoms with Gasteiger partial charge in [0.15, 0.2) is 0 Å². The number of esters is 1. The number of likely N-dealkylation sites (tertiary alicyclic amines) is 1. The molecule has 0 aliphatic carbocycles. The first-order valence-electron chi connectivity index (χ1n) is 6.27. The van der Waals surface area contributed by atoms with E-state index in [1.165, 1.54) is 0 Å². The monoisotopic (exact) mass is 225 g/mol. The number of ether oxygens (including phenoxy) is 1. The lowest BCUT2D eigenvalue weighted by atomic mass is 9.98. The predicted octanol–water partition coefficient (Wildman–Crippen LogP) is 2.23. The molecule has 0 saturated carbocycles. The van der Waals surface area contributed by atoms with E-state index in [-0.39, 0.29) is 11.9 Å². The van der Waals surface area contributed by atoms with Crippen LogP contribution < -0.4 is 0 Å². The minimum atomic E-state index is -0.0177. The Morgan fingerprint density at radius 2 is 2.44 bits per heavy atom. The molecule has 92 valence electrons. The second-order valence-corrected chi connectivity index (χ2v) is 4.32. The molecular formula is C13H23NO2. The second kappa shape index (κ2) is 7.44. The van der Waals surface area contributed by atoms with Gasteiger partial charge in [-0.15, -0.1) is 6.58 Å². The third-order valence-electron chi connectivity index (χ3n) is 3.01. The van der Waals surface area contributed by atoms with E-state index in [9.17, 15) is 4.79 Å². The van der Waals surface area contributed by atoms with E-state index in [2.05, 4.69) is 11.5 Å². The third-order valence-corrected chi connectivity index (χ3v) is 3.01. The summed E-state index contributed by atoms with van der Waals surface area (Å²) in [6.07, 6.45) is 6.24. The maximum atomic E-state index is 11.6. The molecule has 0 radical (unpaired) electrons. The lowest BCUT2D eigenvalue weighted by Gasteiger charge is -2.31. The van der Waals surface area contributed by atoms with Crippen molar-refractivity contribution in [3.63, 3.8) is 0 Å². The first-order chi connectivity index (χ1) is 7.77. The quantitative estimate of drug-likeness (QED) is 0.394. The second-order valence-electron chi connectivity index (χ2n) is 4.32. The first kappa shape index (κ1) is 13.2. The lowest BCUT2D eigenvalue weighted by Crippen LogP contribution is -2.39. The number of nitrogens with zero attached hydrogens (tertiary/aromatic N) is 1. The topological polar surface area (TPSA) is 29.5 Å². The van der Waals surface area contributed by atoms with E-state index in [4.69, 9.17) is 4.74 Å². The van der Waals surface area contributed by atoms with Crippen molar-refractivity contribution in [1.29, 1.82) is 0 Å². The summed E-state index contributed by atoms with van der Waals surface area (Å²) in [5.74, 6) is 0.0772. The molecule has 3 nitrogen and oxygen atoms in total. The van der Waals surface area contributed by atoms with E-state index in [0.717, 1.165) is 45.3 Å². The molecule has 1 aliphatic heterocycles. The van der Waals surface area contributed by atoms with Crippen LogP contribution in [0.1, 0.15) is 32.6 Å². The molecule has 0 aromatic heterocycles. The average molecular weight is 225 g/mol. The molecule has 0 aromatic carbocycles. The van der Waals surface area contributed by atoms with Crippen LogP contribution in [0.15, 0.2) is 12.7 Å². The van der Waals surface area contributed by atoms with Crippen molar-refractivity contribution in [2.45, 2.75) is 32.6 Å². The van der Waals surface area contributed by atoms with Gasteiger partial charge < -0.3 is 9.64 Å². The molecular weight excluding hydrogens is 202 g/mol. The van der Waals surface area contributed by atoms with Gasteiger partial charge in [-0.25, -0.2) is 0 Å². The number of piperidine rings is 1. The van der Waals surface area contributed by atoms with Crippen LogP contribution >= 0.6 is 0 Å². The summed E-state index contributed by atoms with van der Waals surface area (Å²) in [4.78, 5) is 14.0. The fourth-order valence-corrected chi connectivity index (χ4v) is 2.17. The summed E-state index contributed by atoms with van der Waals surface area (Å²) in [5.41, 5.74) is 0. The molecule has 1 heterocycles. The van der Waals surface area contributed by atoms with Crippen molar-refractivity contribution in [2.24, 2.45) is 5.92 Å². The molecule has 0 spiro atoms. The predicted molar refractivity (Wildman–Crippen MR) is 65.2 cm³/mol. The van der Waals surface area contributed by atoms with Crippen LogP contribution in [0.2, 0.25) is 0 Å². The van der Waals surface area contributed by atoms with Crippen molar-refractivity contribution in [2.75, 3.05) is 26.2 Å². The summed E-state index contributed by atoms with van der Waals surface area (Å²) in [7, 11) is 0. The number of allylic oxidation sites excluding steroid dienone is 1. The first-order valence-corrected chi connectivity index (χ1v) is 6.27. The smallest absolute Gasteiger partial charge is 0.310 e. The van der Waals surface area contributed by atoms with Crippen LogP contribution in [-0.4, -0.2) is 37.1 Å². The highest BCUT2D eigenvalue weighted by Crippen LogP contribution is 2.18. The highest BCUT2D eigenvalue weighted by molar-refractivity contribution is 5.72. The highest BCUT2D eigenvalue weighted by Gasteiger charge is 2.26. The van der Waals surface area contributed by atoms with Crippen molar-refractivity contribution < 1.29 is 9.53 Å². The molecule has 3 heteroatoms. The van der Waals surface area contributed by atoms with E-state index in [1.807, 2.05) is 13.0 Å². The minimum Gasteiger partial charge on any atom is -0.466 e. The van der Waals surface area contributed by atoms with Gasteiger partial charge >= 0.3 is 5.97 Å². The molecule has 0 N–H and O–H groups in total. The summed E-state index contributed by atoms with van der Waals surface area (Å²) in [6, 6.07) is 0. The van der Waals surface area contributed by atoms with E-state index < -0.39 is 0 Å². The zero-order chi connectivity index (χ0) is 11.8. The number of carbonyl (C=O) groups excluding carboxylic acids is 1. The summed E-state index contributed by atoms with van der Waals surface area (Å²) in [5, 5.41) is 0. The van der Waals surface area contributed by atoms with Crippen LogP contribution in [0.5, 0.6) is 0 Å². The molecule has 0 bridgehead atoms. The van der Waals surface area contributed by atoms with Crippen LogP contribution in [-0.2, 0) is 9.53 Å². The van der Waals surface area contributed by atoms with Crippen molar-refractivity contribution in [1.82, 2.24) is 4.90 Å². The number of hydrogen-bond donors (Lipinski definition) is 0. The number of unbranched alkanes of at least 4 members (excludes halogenated alkanes) is 1. The zero-order valence-electron chi connectivity index (χ0n) is 10.3. The molecule has 0 aromatic rings. The fraction of sp³-hybridized carbons (Fsp3) is 0.769. The Kier molecular flexibility index (Phi) is 6.16. The van der Waals surface area contributed by atoms with Crippen molar-refractivity contribution >= 4 is 5.97 Å². The Hall–Kier alpha value is -0.830. The Bertz CT molecular complexity index is 228. The molecule has 1 unspecified atom stereocenters. The highest BCUT2D eigenvalue weighted by atomic mass is 16.5. The largest absolute Gasteiger partial charge is 0.466 e. The Labute approximate surface area is 98.5 Å². The van der Waals surface area contributed by atoms with Gasteiger partial charge in [-0.2, -0.15) is 0 Å². The molecule has 16 heavy (non-hydrogen) atoms. The Balaban J connectivity index is 2.29. The van der Waals surface area contributed by atoms with Gasteiger partial charge in [0, 0.05) is 6.54 Å². The van der Waals surface area contributed by atoms with Gasteiger partial charge in [-0.05, 0) is 45.7 Å². The zero-order valence-corrected chi connectivity index (χ0v) is 10.3. The van der Waals surface area contributed by atoms with Gasteiger partial charge in [0.25, 0.3) is 0 Å². The van der Waals surface area contributed by atoms with Crippen LogP contribution in [0.4, 0.5) is 0 Å². The van der Waals surface area contributed by atoms with Crippen LogP contribution in [0, 0.1) is 5.92 Å². The molecule has 1 saturated heterocycles. The summed E-state index contributed by atoms with van der Waals surface area (Å²) in [6.45, 7) is 9.13. The molecule has 1 fully saturated rings. The number of hydrogen-bond acceptors (Lipinski definition) is 3. The van der Waals surface area contributed by atoms with E-state index >= 15 is 0 Å². The molecule has 0 amide bonds. The maximum absolute atomic E-state index is 11.6. The molecule has 1 rings (SSSR count). The lowest BCUT2D eigenvalue weighted by molar-refractivity contribution is -0.149. The summed E-state index contributed by atoms with van der Waals surface area (Å²) < 4.78 is 5.07. The Morgan fingerprint density at radius 3 is 3.12 bits per heavy atom. The summed E-state index contributed by atoms with van der Waals surface area (Å²) >= 11 is 0. The van der Waals surface area contributed by atoms with Gasteiger partial charge in [-0.1, -0.05) is 6.08 Å². The minimum absolute atomic E-state index is 0.0177. The van der Waals surface area contributed by atoms with Gasteiger partial charge in [-0.3, -0.25) is 4.79 Å². The van der Waals surface area contributed by atoms with E-state index in [1.54, 1.807) is 0 Å². The van der Waals surface area contributed by atoms with Gasteiger partial charge in [0.2, 0.25) is 0 Å². The van der Waals surface area contributed by atoms with Crippen LogP contribution in [0.25, 0.3) is 0 Å². The normalized spacial score (nSPS) is 21.7. The standard InChI is InChI=1S/C13H23NO2/c1-3-5-6-9-14-10-7-8-12(11-14)13(15)16-4-2/h3,12H,1,4-11H2,2H3. The van der Waals surface area contributed by atoms with Crippen molar-refractivity contribution in [3.8, 4) is 0 Å². The SMILES string of the molecule is C=CCCCN1CCCC(C(=O)OCC)C1. The van der Waals surface area contributed by atoms with Gasteiger partial charge in [0.1, 0.15) is 0 Å². The number of rotatable bonds is 6. The Morgan fingerprint density at radius 1 is 1.62 bits per heavy atom.